The van der Waals surface area contributed by atoms with Crippen LogP contribution < -0.4 is 5.32 Å². The maximum atomic E-state index is 12.5. The molecule has 1 aliphatic carbocycles. The Morgan fingerprint density at radius 1 is 1.19 bits per heavy atom. The summed E-state index contributed by atoms with van der Waals surface area (Å²) in [6, 6.07) is 0. The molecule has 118 valence electrons. The normalized spacial score (nSPS) is 26.2. The van der Waals surface area contributed by atoms with Crippen LogP contribution in [0.2, 0.25) is 0 Å². The molecule has 1 spiro atoms. The summed E-state index contributed by atoms with van der Waals surface area (Å²) in [5, 5.41) is 3.31. The van der Waals surface area contributed by atoms with E-state index in [-0.39, 0.29) is 17.2 Å². The molecule has 5 nitrogen and oxygen atoms in total. The van der Waals surface area contributed by atoms with Crippen molar-refractivity contribution in [3.63, 3.8) is 0 Å². The molecule has 2 heterocycles. The highest BCUT2D eigenvalue weighted by atomic mass is 16.5. The molecule has 1 saturated carbocycles. The molecule has 0 unspecified atom stereocenters. The fourth-order valence-corrected chi connectivity index (χ4v) is 3.96. The molecule has 0 radical (unpaired) electrons. The lowest BCUT2D eigenvalue weighted by Gasteiger charge is -2.24. The first-order chi connectivity index (χ1) is 10.2. The Morgan fingerprint density at radius 3 is 2.62 bits per heavy atom. The van der Waals surface area contributed by atoms with E-state index in [9.17, 15) is 9.59 Å². The summed E-state index contributed by atoms with van der Waals surface area (Å²) >= 11 is 0. The zero-order valence-corrected chi connectivity index (χ0v) is 12.7. The standard InChI is InChI=1S/C16H26N2O3/c19-14-12-16(6-1-2-7-16)15(20)18(14)10-3-11-21-13-4-8-17-9-5-13/h13,17H,1-12H2. The Morgan fingerprint density at radius 2 is 1.90 bits per heavy atom. The van der Waals surface area contributed by atoms with Crippen molar-refractivity contribution in [2.75, 3.05) is 26.2 Å². The van der Waals surface area contributed by atoms with Gasteiger partial charge in [0, 0.05) is 19.6 Å². The van der Waals surface area contributed by atoms with Crippen LogP contribution in [0.4, 0.5) is 0 Å². The molecule has 3 fully saturated rings. The lowest BCUT2D eigenvalue weighted by molar-refractivity contribution is -0.141. The molecular formula is C16H26N2O3. The summed E-state index contributed by atoms with van der Waals surface area (Å²) in [4.78, 5) is 26.1. The van der Waals surface area contributed by atoms with Gasteiger partial charge in [-0.2, -0.15) is 0 Å². The van der Waals surface area contributed by atoms with Gasteiger partial charge in [0.15, 0.2) is 0 Å². The van der Waals surface area contributed by atoms with Crippen LogP contribution in [0.5, 0.6) is 0 Å². The van der Waals surface area contributed by atoms with E-state index >= 15 is 0 Å². The minimum absolute atomic E-state index is 0.0313. The van der Waals surface area contributed by atoms with Crippen LogP contribution in [-0.4, -0.2) is 49.1 Å². The maximum Gasteiger partial charge on any atom is 0.235 e. The summed E-state index contributed by atoms with van der Waals surface area (Å²) in [7, 11) is 0. The zero-order valence-electron chi connectivity index (χ0n) is 12.7. The van der Waals surface area contributed by atoms with Crippen molar-refractivity contribution in [3.8, 4) is 0 Å². The van der Waals surface area contributed by atoms with E-state index in [0.29, 0.717) is 25.7 Å². The van der Waals surface area contributed by atoms with Gasteiger partial charge in [-0.15, -0.1) is 0 Å². The van der Waals surface area contributed by atoms with Crippen molar-refractivity contribution < 1.29 is 14.3 Å². The molecule has 2 amide bonds. The van der Waals surface area contributed by atoms with Crippen LogP contribution in [0, 0.1) is 5.41 Å². The number of carbonyl (C=O) groups excluding carboxylic acids is 2. The molecule has 5 heteroatoms. The highest BCUT2D eigenvalue weighted by Gasteiger charge is 2.52. The fraction of sp³-hybridized carbons (Fsp3) is 0.875. The minimum Gasteiger partial charge on any atom is -0.378 e. The average Bonchev–Trinajstić information content (AvgIpc) is 3.05. The van der Waals surface area contributed by atoms with Gasteiger partial charge < -0.3 is 10.1 Å². The van der Waals surface area contributed by atoms with Gasteiger partial charge >= 0.3 is 0 Å². The van der Waals surface area contributed by atoms with Crippen molar-refractivity contribution in [3.05, 3.63) is 0 Å². The highest BCUT2D eigenvalue weighted by Crippen LogP contribution is 2.46. The second-order valence-electron chi connectivity index (χ2n) is 6.69. The van der Waals surface area contributed by atoms with Gasteiger partial charge in [-0.05, 0) is 45.2 Å². The van der Waals surface area contributed by atoms with Gasteiger partial charge in [-0.1, -0.05) is 12.8 Å². The van der Waals surface area contributed by atoms with Crippen LogP contribution in [0.1, 0.15) is 51.4 Å². The van der Waals surface area contributed by atoms with Crippen LogP contribution in [-0.2, 0) is 14.3 Å². The molecule has 1 N–H and O–H groups in total. The van der Waals surface area contributed by atoms with E-state index in [1.807, 2.05) is 0 Å². The molecule has 0 aromatic heterocycles. The van der Waals surface area contributed by atoms with Crippen molar-refractivity contribution in [1.29, 1.82) is 0 Å². The second kappa shape index (κ2) is 6.44. The number of carbonyl (C=O) groups is 2. The maximum absolute atomic E-state index is 12.5. The molecule has 0 aromatic rings. The summed E-state index contributed by atoms with van der Waals surface area (Å²) < 4.78 is 5.84. The number of hydrogen-bond acceptors (Lipinski definition) is 4. The Kier molecular flexibility index (Phi) is 4.60. The number of likely N-dealkylation sites (tertiary alicyclic amines) is 1. The van der Waals surface area contributed by atoms with E-state index in [4.69, 9.17) is 4.74 Å². The van der Waals surface area contributed by atoms with Gasteiger partial charge in [0.2, 0.25) is 11.8 Å². The third-order valence-electron chi connectivity index (χ3n) is 5.22. The number of amides is 2. The van der Waals surface area contributed by atoms with Crippen LogP contribution in [0.15, 0.2) is 0 Å². The van der Waals surface area contributed by atoms with Gasteiger partial charge in [-0.25, -0.2) is 0 Å². The first-order valence-corrected chi connectivity index (χ1v) is 8.38. The van der Waals surface area contributed by atoms with Crippen LogP contribution in [0.25, 0.3) is 0 Å². The molecule has 3 aliphatic rings. The molecular weight excluding hydrogens is 268 g/mol. The lowest BCUT2D eigenvalue weighted by Crippen LogP contribution is -2.36. The monoisotopic (exact) mass is 294 g/mol. The Labute approximate surface area is 126 Å². The van der Waals surface area contributed by atoms with Crippen molar-refractivity contribution >= 4 is 11.8 Å². The van der Waals surface area contributed by atoms with E-state index in [2.05, 4.69) is 5.32 Å². The van der Waals surface area contributed by atoms with E-state index in [0.717, 1.165) is 58.0 Å². The quantitative estimate of drug-likeness (QED) is 0.616. The Hall–Kier alpha value is -0.940. The van der Waals surface area contributed by atoms with Gasteiger partial charge in [-0.3, -0.25) is 14.5 Å². The van der Waals surface area contributed by atoms with E-state index in [1.54, 1.807) is 0 Å². The second-order valence-corrected chi connectivity index (χ2v) is 6.69. The fourth-order valence-electron chi connectivity index (χ4n) is 3.96. The Balaban J connectivity index is 1.42. The zero-order chi connectivity index (χ0) is 14.7. The van der Waals surface area contributed by atoms with Crippen molar-refractivity contribution in [1.82, 2.24) is 10.2 Å². The third kappa shape index (κ3) is 3.14. The number of piperidine rings is 1. The number of ether oxygens (including phenoxy) is 1. The molecule has 21 heavy (non-hydrogen) atoms. The summed E-state index contributed by atoms with van der Waals surface area (Å²) in [6.07, 6.45) is 7.65. The number of nitrogens with zero attached hydrogens (tertiary/aromatic N) is 1. The molecule has 2 saturated heterocycles. The van der Waals surface area contributed by atoms with Crippen molar-refractivity contribution in [2.24, 2.45) is 5.41 Å². The van der Waals surface area contributed by atoms with Crippen molar-refractivity contribution in [2.45, 2.75) is 57.5 Å². The average molecular weight is 294 g/mol. The first kappa shape index (κ1) is 15.0. The van der Waals surface area contributed by atoms with Crippen LogP contribution in [0.3, 0.4) is 0 Å². The summed E-state index contributed by atoms with van der Waals surface area (Å²) in [5.74, 6) is 0.121. The third-order valence-corrected chi connectivity index (χ3v) is 5.22. The number of imide groups is 1. The predicted octanol–water partition coefficient (Wildman–Crippen LogP) is 1.46. The van der Waals surface area contributed by atoms with Gasteiger partial charge in [0.1, 0.15) is 0 Å². The van der Waals surface area contributed by atoms with Crippen LogP contribution >= 0.6 is 0 Å². The molecule has 0 atom stereocenters. The lowest BCUT2D eigenvalue weighted by atomic mass is 9.84. The largest absolute Gasteiger partial charge is 0.378 e. The molecule has 2 aliphatic heterocycles. The smallest absolute Gasteiger partial charge is 0.235 e. The topological polar surface area (TPSA) is 58.6 Å². The predicted molar refractivity (Wildman–Crippen MR) is 78.7 cm³/mol. The number of hydrogen-bond donors (Lipinski definition) is 1. The minimum atomic E-state index is -0.326. The Bertz CT molecular complexity index is 398. The summed E-state index contributed by atoms with van der Waals surface area (Å²) in [6.45, 7) is 3.23. The van der Waals surface area contributed by atoms with E-state index in [1.165, 1.54) is 4.90 Å². The number of rotatable bonds is 5. The van der Waals surface area contributed by atoms with Gasteiger partial charge in [0.05, 0.1) is 11.5 Å². The molecule has 3 rings (SSSR count). The summed E-state index contributed by atoms with van der Waals surface area (Å²) in [5.41, 5.74) is -0.326. The SMILES string of the molecule is O=C1CC2(CCCC2)C(=O)N1CCCOC1CCNCC1. The van der Waals surface area contributed by atoms with E-state index < -0.39 is 0 Å². The molecule has 0 aromatic carbocycles. The number of nitrogens with one attached hydrogen (secondary N) is 1. The first-order valence-electron chi connectivity index (χ1n) is 8.38. The highest BCUT2D eigenvalue weighted by molar-refractivity contribution is 6.06. The molecule has 0 bridgehead atoms. The van der Waals surface area contributed by atoms with Gasteiger partial charge in [0.25, 0.3) is 0 Å².